The van der Waals surface area contributed by atoms with Crippen LogP contribution in [0.25, 0.3) is 0 Å². The summed E-state index contributed by atoms with van der Waals surface area (Å²) in [5.41, 5.74) is 1.75. The molecule has 2 aromatic carbocycles. The van der Waals surface area contributed by atoms with Crippen LogP contribution >= 0.6 is 0 Å². The van der Waals surface area contributed by atoms with E-state index >= 15 is 0 Å². The van der Waals surface area contributed by atoms with E-state index in [1.165, 1.54) is 12.1 Å². The molecule has 0 unspecified atom stereocenters. The summed E-state index contributed by atoms with van der Waals surface area (Å²) in [6, 6.07) is 8.59. The van der Waals surface area contributed by atoms with Gasteiger partial charge in [0.2, 0.25) is 0 Å². The van der Waals surface area contributed by atoms with Crippen LogP contribution < -0.4 is 10.8 Å². The number of hydrogen-bond donors (Lipinski definition) is 3. The summed E-state index contributed by atoms with van der Waals surface area (Å²) in [7, 11) is -4.95. The molecule has 0 atom stereocenters. The molecule has 3 N–H and O–H groups in total. The van der Waals surface area contributed by atoms with E-state index < -0.39 is 23.0 Å². The molecule has 0 saturated carbocycles. The lowest BCUT2D eigenvalue weighted by atomic mass is 9.79. The van der Waals surface area contributed by atoms with E-state index in [0.29, 0.717) is 11.0 Å². The SMILES string of the molecule is CC(C)COC(=O)Nc1cc(O)ccc1S(=O)(=O)Cc1ccc2c(c1)B(O)OC2. The van der Waals surface area contributed by atoms with Gasteiger partial charge >= 0.3 is 13.2 Å². The predicted molar refractivity (Wildman–Crippen MR) is 108 cm³/mol. The van der Waals surface area contributed by atoms with Crippen LogP contribution in [0, 0.1) is 5.92 Å². The Morgan fingerprint density at radius 2 is 2.03 bits per heavy atom. The molecule has 0 saturated heterocycles. The maximum atomic E-state index is 13.0. The third kappa shape index (κ3) is 5.09. The lowest BCUT2D eigenvalue weighted by Crippen LogP contribution is -2.28. The quantitative estimate of drug-likeness (QED) is 0.611. The van der Waals surface area contributed by atoms with Crippen LogP contribution in [0.4, 0.5) is 10.5 Å². The van der Waals surface area contributed by atoms with E-state index in [1.54, 1.807) is 18.2 Å². The van der Waals surface area contributed by atoms with Gasteiger partial charge in [0.05, 0.1) is 29.5 Å². The van der Waals surface area contributed by atoms with Crippen molar-refractivity contribution in [3.8, 4) is 5.75 Å². The second kappa shape index (κ2) is 8.44. The minimum atomic E-state index is -3.88. The Hall–Kier alpha value is -2.56. The van der Waals surface area contributed by atoms with E-state index in [-0.39, 0.29) is 41.2 Å². The third-order valence-electron chi connectivity index (χ3n) is 4.31. The molecule has 3 rings (SSSR count). The maximum absolute atomic E-state index is 13.0. The Kier molecular flexibility index (Phi) is 6.16. The number of phenolic OH excluding ortho intramolecular Hbond substituents is 1. The van der Waals surface area contributed by atoms with Crippen LogP contribution in [0.2, 0.25) is 0 Å². The lowest BCUT2D eigenvalue weighted by Gasteiger charge is -2.14. The number of aromatic hydroxyl groups is 1. The van der Waals surface area contributed by atoms with Crippen molar-refractivity contribution in [2.45, 2.75) is 31.1 Å². The minimum absolute atomic E-state index is 0.0664. The van der Waals surface area contributed by atoms with Crippen molar-refractivity contribution in [3.05, 3.63) is 47.5 Å². The van der Waals surface area contributed by atoms with Gasteiger partial charge in [0.15, 0.2) is 9.84 Å². The average Bonchev–Trinajstić information content (AvgIpc) is 3.00. The van der Waals surface area contributed by atoms with Crippen LogP contribution in [-0.2, 0) is 31.6 Å². The van der Waals surface area contributed by atoms with Gasteiger partial charge in [-0.2, -0.15) is 0 Å². The number of benzene rings is 2. The first-order chi connectivity index (χ1) is 13.7. The van der Waals surface area contributed by atoms with E-state index in [0.717, 1.165) is 11.6 Å². The van der Waals surface area contributed by atoms with E-state index in [2.05, 4.69) is 5.32 Å². The molecule has 1 aliphatic heterocycles. The van der Waals surface area contributed by atoms with Crippen molar-refractivity contribution >= 4 is 34.2 Å². The minimum Gasteiger partial charge on any atom is -0.508 e. The Morgan fingerprint density at radius 1 is 1.28 bits per heavy atom. The van der Waals surface area contributed by atoms with Gasteiger partial charge in [-0.3, -0.25) is 5.32 Å². The number of carbonyl (C=O) groups excluding carboxylic acids is 1. The third-order valence-corrected chi connectivity index (χ3v) is 6.05. The molecule has 1 aliphatic rings. The van der Waals surface area contributed by atoms with E-state index in [4.69, 9.17) is 9.39 Å². The van der Waals surface area contributed by atoms with Crippen molar-refractivity contribution < 1.29 is 32.7 Å². The van der Waals surface area contributed by atoms with Crippen molar-refractivity contribution in [3.63, 3.8) is 0 Å². The molecule has 0 aliphatic carbocycles. The van der Waals surface area contributed by atoms with Gasteiger partial charge in [-0.25, -0.2) is 13.2 Å². The van der Waals surface area contributed by atoms with Crippen LogP contribution in [0.15, 0.2) is 41.3 Å². The second-order valence-electron chi connectivity index (χ2n) is 7.25. The summed E-state index contributed by atoms with van der Waals surface area (Å²) >= 11 is 0. The van der Waals surface area contributed by atoms with Crippen molar-refractivity contribution in [2.24, 2.45) is 5.92 Å². The first-order valence-corrected chi connectivity index (χ1v) is 10.7. The Balaban J connectivity index is 1.85. The molecule has 8 nitrogen and oxygen atoms in total. The molecule has 29 heavy (non-hydrogen) atoms. The fourth-order valence-corrected chi connectivity index (χ4v) is 4.42. The number of phenols is 1. The number of hydrogen-bond acceptors (Lipinski definition) is 7. The Labute approximate surface area is 169 Å². The van der Waals surface area contributed by atoms with Gasteiger partial charge in [-0.05, 0) is 34.6 Å². The van der Waals surface area contributed by atoms with Gasteiger partial charge in [0, 0.05) is 6.07 Å². The maximum Gasteiger partial charge on any atom is 0.491 e. The summed E-state index contributed by atoms with van der Waals surface area (Å²) in [6.45, 7) is 4.19. The van der Waals surface area contributed by atoms with Crippen molar-refractivity contribution in [2.75, 3.05) is 11.9 Å². The van der Waals surface area contributed by atoms with Crippen molar-refractivity contribution in [1.82, 2.24) is 0 Å². The van der Waals surface area contributed by atoms with Crippen LogP contribution in [0.3, 0.4) is 0 Å². The molecule has 0 bridgehead atoms. The van der Waals surface area contributed by atoms with Gasteiger partial charge in [-0.15, -0.1) is 0 Å². The number of ether oxygens (including phenoxy) is 1. The molecule has 1 amide bonds. The van der Waals surface area contributed by atoms with Crippen LogP contribution in [-0.4, -0.2) is 38.4 Å². The molecular weight excluding hydrogens is 397 g/mol. The first-order valence-electron chi connectivity index (χ1n) is 9.06. The standard InChI is InChI=1S/C19H22BNO7S/c1-12(2)9-27-19(23)21-17-8-15(22)5-6-18(17)29(25,26)11-13-3-4-14-10-28-20(24)16(14)7-13/h3-8,12,22,24H,9-11H2,1-2H3,(H,21,23). The summed E-state index contributed by atoms with van der Waals surface area (Å²) in [6.07, 6.45) is -0.807. The highest BCUT2D eigenvalue weighted by molar-refractivity contribution is 7.90. The van der Waals surface area contributed by atoms with Gasteiger partial charge in [-0.1, -0.05) is 32.0 Å². The molecule has 0 fully saturated rings. The molecule has 1 heterocycles. The predicted octanol–water partition coefficient (Wildman–Crippen LogP) is 1.79. The normalized spacial score (nSPS) is 13.4. The molecule has 0 radical (unpaired) electrons. The lowest BCUT2D eigenvalue weighted by molar-refractivity contribution is 0.147. The number of fused-ring (bicyclic) bond motifs is 1. The second-order valence-corrected chi connectivity index (χ2v) is 9.21. The average molecular weight is 419 g/mol. The zero-order valence-electron chi connectivity index (χ0n) is 16.1. The van der Waals surface area contributed by atoms with Crippen molar-refractivity contribution in [1.29, 1.82) is 0 Å². The molecule has 2 aromatic rings. The number of amides is 1. The van der Waals surface area contributed by atoms with Gasteiger partial charge in [0.1, 0.15) is 5.75 Å². The van der Waals surface area contributed by atoms with E-state index in [1.807, 2.05) is 13.8 Å². The monoisotopic (exact) mass is 419 g/mol. The molecule has 10 heteroatoms. The summed E-state index contributed by atoms with van der Waals surface area (Å²) in [4.78, 5) is 11.8. The fourth-order valence-electron chi connectivity index (χ4n) is 2.93. The first kappa shape index (κ1) is 21.2. The number of anilines is 1. The largest absolute Gasteiger partial charge is 0.508 e. The zero-order chi connectivity index (χ0) is 21.2. The van der Waals surface area contributed by atoms with E-state index in [9.17, 15) is 23.3 Å². The Bertz CT molecular complexity index is 1020. The molecule has 154 valence electrons. The summed E-state index contributed by atoms with van der Waals surface area (Å²) < 4.78 is 36.1. The van der Waals surface area contributed by atoms with Gasteiger partial charge in [0.25, 0.3) is 0 Å². The fraction of sp³-hybridized carbons (Fsp3) is 0.316. The summed E-state index contributed by atoms with van der Waals surface area (Å²) in [5.74, 6) is -0.429. The van der Waals surface area contributed by atoms with Crippen LogP contribution in [0.5, 0.6) is 5.75 Å². The highest BCUT2D eigenvalue weighted by atomic mass is 32.2. The summed E-state index contributed by atoms with van der Waals surface area (Å²) in [5, 5.41) is 21.9. The van der Waals surface area contributed by atoms with Gasteiger partial charge < -0.3 is 19.5 Å². The number of carbonyl (C=O) groups is 1. The topological polar surface area (TPSA) is 122 Å². The smallest absolute Gasteiger partial charge is 0.491 e. The molecular formula is C19H22BNO7S. The highest BCUT2D eigenvalue weighted by Gasteiger charge is 2.28. The van der Waals surface area contributed by atoms with Crippen LogP contribution in [0.1, 0.15) is 25.0 Å². The number of sulfone groups is 1. The molecule has 0 spiro atoms. The number of nitrogens with one attached hydrogen (secondary N) is 1. The Morgan fingerprint density at radius 3 is 2.76 bits per heavy atom. The number of rotatable bonds is 6. The molecule has 0 aromatic heterocycles. The zero-order valence-corrected chi connectivity index (χ0v) is 16.9. The highest BCUT2D eigenvalue weighted by Crippen LogP contribution is 2.29.